The van der Waals surface area contributed by atoms with Crippen LogP contribution in [-0.2, 0) is 6.18 Å². The van der Waals surface area contributed by atoms with Gasteiger partial charge in [0, 0.05) is 18.1 Å². The average molecular weight is 376 g/mol. The van der Waals surface area contributed by atoms with Crippen molar-refractivity contribution in [1.82, 2.24) is 24.5 Å². The van der Waals surface area contributed by atoms with Gasteiger partial charge in [0.15, 0.2) is 0 Å². The Bertz CT molecular complexity index is 936. The Morgan fingerprint density at radius 2 is 2.00 bits per heavy atom. The van der Waals surface area contributed by atoms with Crippen LogP contribution in [0.5, 0.6) is 0 Å². The third-order valence-electron chi connectivity index (χ3n) is 3.61. The number of halogens is 3. The van der Waals surface area contributed by atoms with Gasteiger partial charge in [0.25, 0.3) is 5.91 Å². The highest BCUT2D eigenvalue weighted by molar-refractivity contribution is 6.02. The number of nitrogens with zero attached hydrogens (tertiary/aromatic N) is 5. The molecule has 0 atom stereocenters. The van der Waals surface area contributed by atoms with E-state index in [4.69, 9.17) is 0 Å². The predicted octanol–water partition coefficient (Wildman–Crippen LogP) is 3.45. The Morgan fingerprint density at radius 3 is 2.56 bits per heavy atom. The van der Waals surface area contributed by atoms with E-state index in [0.717, 1.165) is 18.3 Å². The van der Waals surface area contributed by atoms with Crippen LogP contribution in [0.3, 0.4) is 0 Å². The summed E-state index contributed by atoms with van der Waals surface area (Å²) in [6.45, 7) is 3.84. The van der Waals surface area contributed by atoms with Crippen molar-refractivity contribution in [2.24, 2.45) is 0 Å². The lowest BCUT2D eigenvalue weighted by Gasteiger charge is -2.11. The highest BCUT2D eigenvalue weighted by Gasteiger charge is 2.32. The van der Waals surface area contributed by atoms with Crippen molar-refractivity contribution in [2.75, 3.05) is 5.32 Å². The molecule has 0 spiro atoms. The first-order valence-corrected chi connectivity index (χ1v) is 7.96. The molecule has 0 aromatic carbocycles. The van der Waals surface area contributed by atoms with Gasteiger partial charge in [-0.3, -0.25) is 9.36 Å². The molecule has 3 aromatic heterocycles. The number of aromatic nitrogens is 5. The second-order valence-corrected chi connectivity index (χ2v) is 5.99. The van der Waals surface area contributed by atoms with E-state index in [-0.39, 0.29) is 23.2 Å². The molecule has 10 heteroatoms. The van der Waals surface area contributed by atoms with Crippen molar-refractivity contribution in [3.8, 4) is 5.95 Å². The molecule has 0 bridgehead atoms. The zero-order valence-electron chi connectivity index (χ0n) is 14.4. The van der Waals surface area contributed by atoms with Crippen LogP contribution in [0.2, 0.25) is 0 Å². The van der Waals surface area contributed by atoms with E-state index in [2.05, 4.69) is 25.3 Å². The quantitative estimate of drug-likeness (QED) is 0.754. The van der Waals surface area contributed by atoms with Gasteiger partial charge in [-0.15, -0.1) is 0 Å². The summed E-state index contributed by atoms with van der Waals surface area (Å²) in [6, 6.07) is 3.47. The molecule has 0 unspecified atom stereocenters. The Labute approximate surface area is 152 Å². The summed E-state index contributed by atoms with van der Waals surface area (Å²) in [7, 11) is 0. The van der Waals surface area contributed by atoms with Gasteiger partial charge in [0.1, 0.15) is 17.7 Å². The van der Waals surface area contributed by atoms with Crippen LogP contribution in [0.4, 0.5) is 18.9 Å². The van der Waals surface area contributed by atoms with Gasteiger partial charge >= 0.3 is 6.18 Å². The summed E-state index contributed by atoms with van der Waals surface area (Å²) in [4.78, 5) is 28.4. The summed E-state index contributed by atoms with van der Waals surface area (Å²) in [5, 5.41) is 2.49. The zero-order valence-corrected chi connectivity index (χ0v) is 14.4. The number of imidazole rings is 1. The van der Waals surface area contributed by atoms with E-state index in [1.807, 2.05) is 13.8 Å². The fourth-order valence-electron chi connectivity index (χ4n) is 2.19. The lowest BCUT2D eigenvalue weighted by atomic mass is 10.1. The molecule has 0 aliphatic rings. The molecule has 27 heavy (non-hydrogen) atoms. The van der Waals surface area contributed by atoms with Gasteiger partial charge in [-0.25, -0.2) is 19.9 Å². The van der Waals surface area contributed by atoms with Gasteiger partial charge < -0.3 is 5.32 Å². The number of amides is 1. The topological polar surface area (TPSA) is 85.6 Å². The molecule has 1 amide bonds. The Kier molecular flexibility index (Phi) is 4.89. The summed E-state index contributed by atoms with van der Waals surface area (Å²) >= 11 is 0. The number of hydrogen-bond donors (Lipinski definition) is 1. The number of nitrogens with one attached hydrogen (secondary N) is 1. The molecular weight excluding hydrogens is 361 g/mol. The van der Waals surface area contributed by atoms with Crippen LogP contribution in [0.25, 0.3) is 5.95 Å². The monoisotopic (exact) mass is 376 g/mol. The number of alkyl halides is 3. The van der Waals surface area contributed by atoms with Crippen LogP contribution < -0.4 is 5.32 Å². The van der Waals surface area contributed by atoms with Gasteiger partial charge in [-0.05, 0) is 24.1 Å². The molecule has 0 aliphatic heterocycles. The summed E-state index contributed by atoms with van der Waals surface area (Å²) < 4.78 is 39.3. The minimum Gasteiger partial charge on any atom is -0.319 e. The number of carbonyl (C=O) groups excluding carboxylic acids is 1. The van der Waals surface area contributed by atoms with Crippen molar-refractivity contribution in [3.05, 3.63) is 60.2 Å². The second-order valence-electron chi connectivity index (χ2n) is 5.99. The first-order valence-electron chi connectivity index (χ1n) is 7.96. The summed E-state index contributed by atoms with van der Waals surface area (Å²) in [6.07, 6.45) is 1.10. The van der Waals surface area contributed by atoms with Crippen LogP contribution >= 0.6 is 0 Å². The molecular formula is C17H15F3N6O. The molecule has 140 valence electrons. The number of pyridine rings is 1. The van der Waals surface area contributed by atoms with E-state index in [1.54, 1.807) is 17.0 Å². The first kappa shape index (κ1) is 18.5. The van der Waals surface area contributed by atoms with Crippen molar-refractivity contribution >= 4 is 11.6 Å². The van der Waals surface area contributed by atoms with E-state index in [9.17, 15) is 18.0 Å². The maximum Gasteiger partial charge on any atom is 0.433 e. The number of hydrogen-bond acceptors (Lipinski definition) is 5. The van der Waals surface area contributed by atoms with E-state index >= 15 is 0 Å². The Morgan fingerprint density at radius 1 is 1.22 bits per heavy atom. The lowest BCUT2D eigenvalue weighted by Crippen LogP contribution is -2.17. The van der Waals surface area contributed by atoms with Crippen molar-refractivity contribution < 1.29 is 18.0 Å². The molecule has 0 aliphatic carbocycles. The standard InChI is InChI=1S/C17H15F3N6O/c1-10(2)12-7-13(25-16(24-12)26-6-5-21-9-26)15(27)23-11-3-4-14(22-8-11)17(18,19)20/h3-10H,1-2H3,(H,23,27). The molecule has 3 rings (SSSR count). The highest BCUT2D eigenvalue weighted by Crippen LogP contribution is 2.27. The van der Waals surface area contributed by atoms with Crippen LogP contribution in [0, 0.1) is 0 Å². The molecule has 0 saturated carbocycles. The zero-order chi connectivity index (χ0) is 19.6. The predicted molar refractivity (Wildman–Crippen MR) is 90.4 cm³/mol. The van der Waals surface area contributed by atoms with Gasteiger partial charge in [-0.2, -0.15) is 13.2 Å². The Balaban J connectivity index is 1.88. The molecule has 1 N–H and O–H groups in total. The van der Waals surface area contributed by atoms with Crippen molar-refractivity contribution in [3.63, 3.8) is 0 Å². The summed E-state index contributed by atoms with van der Waals surface area (Å²) in [5.41, 5.74) is -0.185. The van der Waals surface area contributed by atoms with Crippen LogP contribution in [0.1, 0.15) is 41.6 Å². The molecule has 0 fully saturated rings. The fraction of sp³-hybridized carbons (Fsp3) is 0.235. The van der Waals surface area contributed by atoms with Crippen LogP contribution in [-0.4, -0.2) is 30.4 Å². The van der Waals surface area contributed by atoms with Gasteiger partial charge in [0.2, 0.25) is 5.95 Å². The van der Waals surface area contributed by atoms with E-state index in [1.165, 1.54) is 12.4 Å². The molecule has 3 heterocycles. The third kappa shape index (κ3) is 4.27. The molecule has 0 radical (unpaired) electrons. The SMILES string of the molecule is CC(C)c1cc(C(=O)Nc2ccc(C(F)(F)F)nc2)nc(-n2ccnc2)n1. The molecule has 0 saturated heterocycles. The smallest absolute Gasteiger partial charge is 0.319 e. The minimum absolute atomic E-state index is 0.0366. The van der Waals surface area contributed by atoms with E-state index in [0.29, 0.717) is 5.69 Å². The highest BCUT2D eigenvalue weighted by atomic mass is 19.4. The average Bonchev–Trinajstić information content (AvgIpc) is 3.15. The first-order chi connectivity index (χ1) is 12.7. The van der Waals surface area contributed by atoms with Crippen LogP contribution in [0.15, 0.2) is 43.1 Å². The normalized spacial score (nSPS) is 11.6. The number of carbonyl (C=O) groups is 1. The Hall–Kier alpha value is -3.30. The number of anilines is 1. The van der Waals surface area contributed by atoms with Crippen molar-refractivity contribution in [1.29, 1.82) is 0 Å². The largest absolute Gasteiger partial charge is 0.433 e. The third-order valence-corrected chi connectivity index (χ3v) is 3.61. The number of rotatable bonds is 4. The second kappa shape index (κ2) is 7.14. The van der Waals surface area contributed by atoms with E-state index < -0.39 is 17.8 Å². The maximum absolute atomic E-state index is 12.6. The minimum atomic E-state index is -4.54. The van der Waals surface area contributed by atoms with Gasteiger partial charge in [-0.1, -0.05) is 13.8 Å². The lowest BCUT2D eigenvalue weighted by molar-refractivity contribution is -0.141. The maximum atomic E-state index is 12.6. The molecule has 7 nitrogen and oxygen atoms in total. The molecule has 3 aromatic rings. The fourth-order valence-corrected chi connectivity index (χ4v) is 2.19. The summed E-state index contributed by atoms with van der Waals surface area (Å²) in [5.74, 6) is -0.272. The van der Waals surface area contributed by atoms with Gasteiger partial charge in [0.05, 0.1) is 11.9 Å². The van der Waals surface area contributed by atoms with Crippen molar-refractivity contribution in [2.45, 2.75) is 25.9 Å².